The van der Waals surface area contributed by atoms with Crippen LogP contribution in [0.5, 0.6) is 5.75 Å². The summed E-state index contributed by atoms with van der Waals surface area (Å²) < 4.78 is 0. The van der Waals surface area contributed by atoms with E-state index in [0.717, 1.165) is 44.8 Å². The van der Waals surface area contributed by atoms with Crippen molar-refractivity contribution in [2.45, 2.75) is 19.1 Å². The molecule has 0 spiro atoms. The monoisotopic (exact) mass is 348 g/mol. The molecule has 2 heterocycles. The number of aromatic hydroxyl groups is 1. The quantitative estimate of drug-likeness (QED) is 0.602. The molecule has 1 aromatic heterocycles. The number of nitrogens with one attached hydrogen (secondary N) is 1. The Morgan fingerprint density at radius 2 is 1.88 bits per heavy atom. The number of phenolic OH excluding ortho intramolecular Hbond substituents is 1. The highest BCUT2D eigenvalue weighted by Crippen LogP contribution is 2.50. The topological polar surface area (TPSA) is 76.3 Å². The zero-order valence-electron chi connectivity index (χ0n) is 13.4. The van der Waals surface area contributed by atoms with Gasteiger partial charge in [-0.15, -0.1) is 11.3 Å². The number of thiophene rings is 1. The number of aryl methyl sites for hydroxylation is 1. The Labute approximate surface area is 149 Å². The van der Waals surface area contributed by atoms with Crippen molar-refractivity contribution in [3.8, 4) is 34.1 Å². The standard InChI is InChI=1S/C20H16N2O2S/c21-10-1-2-12-3-5-13(6-4-12)17-16(23)8-7-15-18(17)14-9-11-25-19(14)20(24)22-15/h3-9,11,20,22-24H,1-2H2. The molecule has 0 saturated carbocycles. The van der Waals surface area contributed by atoms with E-state index in [1.54, 1.807) is 12.1 Å². The highest BCUT2D eigenvalue weighted by Gasteiger charge is 2.27. The minimum Gasteiger partial charge on any atom is -0.507 e. The van der Waals surface area contributed by atoms with E-state index in [9.17, 15) is 10.2 Å². The minimum atomic E-state index is -0.728. The lowest BCUT2D eigenvalue weighted by molar-refractivity contribution is 0.211. The molecule has 124 valence electrons. The molecule has 0 fully saturated rings. The lowest BCUT2D eigenvalue weighted by atomic mass is 9.89. The number of rotatable bonds is 3. The van der Waals surface area contributed by atoms with E-state index in [4.69, 9.17) is 5.26 Å². The normalized spacial score (nSPS) is 15.0. The number of aliphatic hydroxyl groups is 1. The molecule has 1 aliphatic rings. The fourth-order valence-corrected chi connectivity index (χ4v) is 4.11. The van der Waals surface area contributed by atoms with Crippen LogP contribution in [-0.4, -0.2) is 10.2 Å². The molecule has 0 bridgehead atoms. The van der Waals surface area contributed by atoms with Crippen LogP contribution in [0, 0.1) is 11.3 Å². The number of hydrogen-bond donors (Lipinski definition) is 3. The first-order valence-corrected chi connectivity index (χ1v) is 8.91. The second-order valence-electron chi connectivity index (χ2n) is 5.98. The van der Waals surface area contributed by atoms with Gasteiger partial charge in [0.05, 0.1) is 10.9 Å². The van der Waals surface area contributed by atoms with Crippen LogP contribution in [0.2, 0.25) is 0 Å². The Bertz CT molecular complexity index is 970. The van der Waals surface area contributed by atoms with E-state index in [-0.39, 0.29) is 5.75 Å². The molecule has 0 radical (unpaired) electrons. The Balaban J connectivity index is 1.85. The maximum atomic E-state index is 10.5. The third kappa shape index (κ3) is 2.66. The van der Waals surface area contributed by atoms with Crippen molar-refractivity contribution < 1.29 is 10.2 Å². The van der Waals surface area contributed by atoms with Gasteiger partial charge in [0.15, 0.2) is 6.23 Å². The van der Waals surface area contributed by atoms with Gasteiger partial charge in [0, 0.05) is 28.8 Å². The summed E-state index contributed by atoms with van der Waals surface area (Å²) in [5.41, 5.74) is 5.42. The van der Waals surface area contributed by atoms with Crippen molar-refractivity contribution in [2.24, 2.45) is 0 Å². The van der Waals surface area contributed by atoms with Gasteiger partial charge >= 0.3 is 0 Å². The number of fused-ring (bicyclic) bond motifs is 3. The number of aliphatic hydroxyl groups excluding tert-OH is 1. The van der Waals surface area contributed by atoms with Crippen LogP contribution in [-0.2, 0) is 6.42 Å². The fourth-order valence-electron chi connectivity index (χ4n) is 3.27. The first-order chi connectivity index (χ1) is 12.2. The van der Waals surface area contributed by atoms with Crippen LogP contribution in [0.25, 0.3) is 22.3 Å². The SMILES string of the molecule is N#CCCc1ccc(-c2c(O)ccc3c2-c2ccsc2C(O)N3)cc1. The molecular weight excluding hydrogens is 332 g/mol. The molecule has 3 N–H and O–H groups in total. The Kier molecular flexibility index (Phi) is 3.92. The molecule has 25 heavy (non-hydrogen) atoms. The second kappa shape index (κ2) is 6.25. The molecule has 0 aliphatic carbocycles. The van der Waals surface area contributed by atoms with Crippen LogP contribution in [0.1, 0.15) is 23.1 Å². The van der Waals surface area contributed by atoms with Crippen LogP contribution in [0.4, 0.5) is 5.69 Å². The summed E-state index contributed by atoms with van der Waals surface area (Å²) in [5, 5.41) is 34.5. The fraction of sp³-hybridized carbons (Fsp3) is 0.150. The molecule has 2 aromatic carbocycles. The predicted molar refractivity (Wildman–Crippen MR) is 99.4 cm³/mol. The third-order valence-electron chi connectivity index (χ3n) is 4.46. The summed E-state index contributed by atoms with van der Waals surface area (Å²) in [6.07, 6.45) is 0.483. The van der Waals surface area contributed by atoms with Gasteiger partial charge in [-0.25, -0.2) is 0 Å². The molecular formula is C20H16N2O2S. The summed E-state index contributed by atoms with van der Waals surface area (Å²) >= 11 is 1.49. The first kappa shape index (κ1) is 15.7. The van der Waals surface area contributed by atoms with Gasteiger partial charge < -0.3 is 15.5 Å². The van der Waals surface area contributed by atoms with E-state index in [2.05, 4.69) is 11.4 Å². The van der Waals surface area contributed by atoms with E-state index in [1.807, 2.05) is 35.7 Å². The van der Waals surface area contributed by atoms with Crippen LogP contribution >= 0.6 is 11.3 Å². The van der Waals surface area contributed by atoms with E-state index in [1.165, 1.54) is 11.3 Å². The van der Waals surface area contributed by atoms with Gasteiger partial charge in [-0.05, 0) is 41.1 Å². The summed E-state index contributed by atoms with van der Waals surface area (Å²) in [7, 11) is 0. The van der Waals surface area contributed by atoms with Crippen LogP contribution in [0.3, 0.4) is 0 Å². The summed E-state index contributed by atoms with van der Waals surface area (Å²) in [4.78, 5) is 0.852. The largest absolute Gasteiger partial charge is 0.507 e. The third-order valence-corrected chi connectivity index (χ3v) is 5.43. The van der Waals surface area contributed by atoms with Crippen LogP contribution in [0.15, 0.2) is 47.8 Å². The van der Waals surface area contributed by atoms with Crippen molar-refractivity contribution in [1.82, 2.24) is 0 Å². The highest BCUT2D eigenvalue weighted by atomic mass is 32.1. The van der Waals surface area contributed by atoms with Gasteiger partial charge in [0.25, 0.3) is 0 Å². The van der Waals surface area contributed by atoms with Gasteiger partial charge in [0.1, 0.15) is 5.75 Å². The lowest BCUT2D eigenvalue weighted by Crippen LogP contribution is -2.14. The second-order valence-corrected chi connectivity index (χ2v) is 6.93. The molecule has 5 heteroatoms. The zero-order chi connectivity index (χ0) is 17.4. The van der Waals surface area contributed by atoms with Crippen molar-refractivity contribution >= 4 is 17.0 Å². The number of anilines is 1. The molecule has 4 nitrogen and oxygen atoms in total. The number of nitriles is 1. The number of benzene rings is 2. The average molecular weight is 348 g/mol. The van der Waals surface area contributed by atoms with Gasteiger partial charge in [0.2, 0.25) is 0 Å². The van der Waals surface area contributed by atoms with Crippen molar-refractivity contribution in [3.63, 3.8) is 0 Å². The Morgan fingerprint density at radius 1 is 1.08 bits per heavy atom. The minimum absolute atomic E-state index is 0.207. The molecule has 1 unspecified atom stereocenters. The number of phenols is 1. The molecule has 1 aliphatic heterocycles. The lowest BCUT2D eigenvalue weighted by Gasteiger charge is -2.26. The molecule has 4 rings (SSSR count). The highest BCUT2D eigenvalue weighted by molar-refractivity contribution is 7.10. The maximum absolute atomic E-state index is 10.5. The smallest absolute Gasteiger partial charge is 0.160 e. The van der Waals surface area contributed by atoms with Gasteiger partial charge in [-0.2, -0.15) is 5.26 Å². The van der Waals surface area contributed by atoms with E-state index < -0.39 is 6.23 Å². The predicted octanol–water partition coefficient (Wildman–Crippen LogP) is 4.66. The van der Waals surface area contributed by atoms with E-state index >= 15 is 0 Å². The average Bonchev–Trinajstić information content (AvgIpc) is 3.12. The molecule has 1 atom stereocenters. The molecule has 0 amide bonds. The van der Waals surface area contributed by atoms with Crippen molar-refractivity contribution in [3.05, 3.63) is 58.3 Å². The van der Waals surface area contributed by atoms with Gasteiger partial charge in [-0.3, -0.25) is 0 Å². The Morgan fingerprint density at radius 3 is 2.64 bits per heavy atom. The number of nitrogens with zero attached hydrogens (tertiary/aromatic N) is 1. The van der Waals surface area contributed by atoms with E-state index in [0.29, 0.717) is 6.42 Å². The maximum Gasteiger partial charge on any atom is 0.160 e. The van der Waals surface area contributed by atoms with Crippen molar-refractivity contribution in [1.29, 1.82) is 5.26 Å². The van der Waals surface area contributed by atoms with Crippen LogP contribution < -0.4 is 5.32 Å². The zero-order valence-corrected chi connectivity index (χ0v) is 14.2. The molecule has 0 saturated heterocycles. The summed E-state index contributed by atoms with van der Waals surface area (Å²) in [5.74, 6) is 0.207. The molecule has 3 aromatic rings. The van der Waals surface area contributed by atoms with Crippen molar-refractivity contribution in [2.75, 3.05) is 5.32 Å². The number of hydrogen-bond acceptors (Lipinski definition) is 5. The Hall–Kier alpha value is -2.81. The summed E-state index contributed by atoms with van der Waals surface area (Å²) in [6, 6.07) is 15.5. The summed E-state index contributed by atoms with van der Waals surface area (Å²) in [6.45, 7) is 0. The van der Waals surface area contributed by atoms with Gasteiger partial charge in [-0.1, -0.05) is 24.3 Å². The first-order valence-electron chi connectivity index (χ1n) is 8.03.